The number of fused-ring (bicyclic) bond motifs is 1. The summed E-state index contributed by atoms with van der Waals surface area (Å²) < 4.78 is 5.12. The van der Waals surface area contributed by atoms with Crippen LogP contribution in [0.1, 0.15) is 50.5 Å². The molecule has 0 spiro atoms. The Labute approximate surface area is 182 Å². The number of terminal acetylenes is 1. The van der Waals surface area contributed by atoms with Crippen LogP contribution in [0.3, 0.4) is 0 Å². The molecule has 2 heterocycles. The van der Waals surface area contributed by atoms with Gasteiger partial charge in [0.2, 0.25) is 0 Å². The maximum absolute atomic E-state index is 12.7. The molecule has 2 N–H and O–H groups in total. The van der Waals surface area contributed by atoms with E-state index < -0.39 is 17.6 Å². The topological polar surface area (TPSA) is 93.2 Å². The van der Waals surface area contributed by atoms with Crippen LogP contribution in [0.2, 0.25) is 0 Å². The van der Waals surface area contributed by atoms with Crippen LogP contribution in [-0.4, -0.2) is 27.6 Å². The van der Waals surface area contributed by atoms with Crippen molar-refractivity contribution in [3.63, 3.8) is 0 Å². The first-order valence-corrected chi connectivity index (χ1v) is 9.88. The van der Waals surface area contributed by atoms with Crippen molar-refractivity contribution in [2.24, 2.45) is 0 Å². The summed E-state index contributed by atoms with van der Waals surface area (Å²) in [5.74, 6) is 2.05. The van der Waals surface area contributed by atoms with Gasteiger partial charge in [0.1, 0.15) is 5.60 Å². The van der Waals surface area contributed by atoms with Gasteiger partial charge in [0.15, 0.2) is 0 Å². The van der Waals surface area contributed by atoms with Crippen molar-refractivity contribution in [1.82, 2.24) is 20.8 Å². The van der Waals surface area contributed by atoms with Crippen LogP contribution in [0.25, 0.3) is 22.2 Å². The van der Waals surface area contributed by atoms with E-state index in [0.29, 0.717) is 22.2 Å². The first kappa shape index (κ1) is 23.4. The second-order valence-electron chi connectivity index (χ2n) is 7.25. The molecular formula is C24H26N4O3. The Morgan fingerprint density at radius 2 is 1.74 bits per heavy atom. The zero-order chi connectivity index (χ0) is 23.0. The van der Waals surface area contributed by atoms with Gasteiger partial charge in [-0.05, 0) is 45.0 Å². The molecule has 0 bridgehead atoms. The number of nitrogens with one attached hydrogen (secondary N) is 2. The number of hydrazine groups is 1. The molecule has 0 radical (unpaired) electrons. The Morgan fingerprint density at radius 3 is 2.35 bits per heavy atom. The Balaban J connectivity index is 0.00000166. The second-order valence-corrected chi connectivity index (χ2v) is 7.25. The Kier molecular flexibility index (Phi) is 7.70. The molecule has 0 fully saturated rings. The minimum atomic E-state index is -0.757. The fourth-order valence-electron chi connectivity index (χ4n) is 2.62. The van der Waals surface area contributed by atoms with Gasteiger partial charge in [-0.2, -0.15) is 0 Å². The SMILES string of the molecule is C#Cc1ccc(-c2cc(C(=O)NNC(=O)OC(C)(C)C)c3cnccc3n2)cc1.CC. The third-order valence-electron chi connectivity index (χ3n) is 3.88. The molecule has 2 aromatic heterocycles. The average Bonchev–Trinajstić information content (AvgIpc) is 2.77. The number of pyridine rings is 2. The van der Waals surface area contributed by atoms with Crippen molar-refractivity contribution in [1.29, 1.82) is 0 Å². The van der Waals surface area contributed by atoms with E-state index in [-0.39, 0.29) is 0 Å². The number of rotatable bonds is 2. The molecule has 0 saturated heterocycles. The zero-order valence-corrected chi connectivity index (χ0v) is 18.3. The summed E-state index contributed by atoms with van der Waals surface area (Å²) >= 11 is 0. The van der Waals surface area contributed by atoms with E-state index in [1.165, 1.54) is 0 Å². The summed E-state index contributed by atoms with van der Waals surface area (Å²) in [5, 5.41) is 0.556. The summed E-state index contributed by atoms with van der Waals surface area (Å²) in [4.78, 5) is 33.2. The average molecular weight is 418 g/mol. The van der Waals surface area contributed by atoms with Gasteiger partial charge in [-0.1, -0.05) is 31.9 Å². The number of amides is 2. The van der Waals surface area contributed by atoms with Gasteiger partial charge in [0, 0.05) is 28.9 Å². The fraction of sp³-hybridized carbons (Fsp3) is 0.250. The number of hydrogen-bond acceptors (Lipinski definition) is 5. The van der Waals surface area contributed by atoms with Gasteiger partial charge in [0.25, 0.3) is 5.91 Å². The van der Waals surface area contributed by atoms with E-state index in [1.807, 2.05) is 26.0 Å². The molecule has 0 aliphatic carbocycles. The van der Waals surface area contributed by atoms with Crippen LogP contribution in [0.15, 0.2) is 48.8 Å². The van der Waals surface area contributed by atoms with Crippen LogP contribution in [0.4, 0.5) is 4.79 Å². The Bertz CT molecular complexity index is 1110. The molecule has 0 unspecified atom stereocenters. The van der Waals surface area contributed by atoms with Crippen LogP contribution in [0.5, 0.6) is 0 Å². The molecule has 1 aromatic carbocycles. The fourth-order valence-corrected chi connectivity index (χ4v) is 2.62. The summed E-state index contributed by atoms with van der Waals surface area (Å²) in [5.41, 5.74) is 6.99. The van der Waals surface area contributed by atoms with E-state index in [0.717, 1.165) is 11.1 Å². The third-order valence-corrected chi connectivity index (χ3v) is 3.88. The number of aromatic nitrogens is 2. The second kappa shape index (κ2) is 10.2. The molecule has 7 heteroatoms. The van der Waals surface area contributed by atoms with Crippen LogP contribution in [0, 0.1) is 12.3 Å². The molecule has 2 amide bonds. The van der Waals surface area contributed by atoms with Crippen LogP contribution >= 0.6 is 0 Å². The van der Waals surface area contributed by atoms with E-state index in [4.69, 9.17) is 11.2 Å². The quantitative estimate of drug-likeness (QED) is 0.473. The lowest BCUT2D eigenvalue weighted by molar-refractivity contribution is 0.0483. The van der Waals surface area contributed by atoms with Gasteiger partial charge >= 0.3 is 6.09 Å². The maximum Gasteiger partial charge on any atom is 0.426 e. The highest BCUT2D eigenvalue weighted by molar-refractivity contribution is 6.07. The number of carbonyl (C=O) groups excluding carboxylic acids is 2. The smallest absolute Gasteiger partial charge is 0.426 e. The molecule has 31 heavy (non-hydrogen) atoms. The lowest BCUT2D eigenvalue weighted by Crippen LogP contribution is -2.44. The molecule has 7 nitrogen and oxygen atoms in total. The predicted octanol–water partition coefficient (Wildman–Crippen LogP) is 4.47. The number of nitrogens with zero attached hydrogens (tertiary/aromatic N) is 2. The van der Waals surface area contributed by atoms with Crippen LogP contribution < -0.4 is 10.9 Å². The number of ether oxygens (including phenoxy) is 1. The van der Waals surface area contributed by atoms with Gasteiger partial charge in [-0.25, -0.2) is 15.2 Å². The molecule has 0 aliphatic rings. The highest BCUT2D eigenvalue weighted by Gasteiger charge is 2.18. The minimum Gasteiger partial charge on any atom is -0.443 e. The van der Waals surface area contributed by atoms with Crippen molar-refractivity contribution < 1.29 is 14.3 Å². The first-order valence-electron chi connectivity index (χ1n) is 9.88. The largest absolute Gasteiger partial charge is 0.443 e. The molecule has 3 aromatic rings. The number of hydrogen-bond donors (Lipinski definition) is 2. The third kappa shape index (κ3) is 6.28. The molecule has 160 valence electrons. The van der Waals surface area contributed by atoms with E-state index >= 15 is 0 Å². The number of benzene rings is 1. The summed E-state index contributed by atoms with van der Waals surface area (Å²) in [6.07, 6.45) is 7.80. The molecule has 0 atom stereocenters. The van der Waals surface area contributed by atoms with Crippen molar-refractivity contribution in [3.8, 4) is 23.6 Å². The molecular weight excluding hydrogens is 392 g/mol. The molecule has 0 aliphatic heterocycles. The van der Waals surface area contributed by atoms with Crippen molar-refractivity contribution in [2.45, 2.75) is 40.2 Å². The first-order chi connectivity index (χ1) is 14.8. The van der Waals surface area contributed by atoms with E-state index in [1.54, 1.807) is 57.4 Å². The van der Waals surface area contributed by atoms with Gasteiger partial charge < -0.3 is 4.74 Å². The van der Waals surface area contributed by atoms with E-state index in [2.05, 4.69) is 26.7 Å². The van der Waals surface area contributed by atoms with E-state index in [9.17, 15) is 9.59 Å². The van der Waals surface area contributed by atoms with Crippen molar-refractivity contribution >= 4 is 22.9 Å². The Hall–Kier alpha value is -3.92. The Morgan fingerprint density at radius 1 is 1.06 bits per heavy atom. The minimum absolute atomic E-state index is 0.315. The van der Waals surface area contributed by atoms with Gasteiger partial charge in [-0.3, -0.25) is 15.2 Å². The highest BCUT2D eigenvalue weighted by atomic mass is 16.6. The summed E-state index contributed by atoms with van der Waals surface area (Å²) in [7, 11) is 0. The van der Waals surface area contributed by atoms with Gasteiger partial charge in [-0.15, -0.1) is 6.42 Å². The zero-order valence-electron chi connectivity index (χ0n) is 18.3. The highest BCUT2D eigenvalue weighted by Crippen LogP contribution is 2.24. The normalized spacial score (nSPS) is 10.3. The van der Waals surface area contributed by atoms with Gasteiger partial charge in [0.05, 0.1) is 16.8 Å². The molecule has 0 saturated carbocycles. The number of carbonyl (C=O) groups is 2. The monoisotopic (exact) mass is 418 g/mol. The van der Waals surface area contributed by atoms with Crippen molar-refractivity contribution in [3.05, 3.63) is 59.9 Å². The lowest BCUT2D eigenvalue weighted by atomic mass is 10.0. The standard InChI is InChI=1S/C22H20N4O3.C2H6/c1-5-14-6-8-15(9-7-14)19-12-16(17-13-23-11-10-18(17)24-19)20(27)25-26-21(28)29-22(2,3)4;1-2/h1,6-13H,2-4H3,(H,25,27)(H,26,28);1-2H3. The maximum atomic E-state index is 12.7. The predicted molar refractivity (Wildman–Crippen MR) is 121 cm³/mol. The van der Waals surface area contributed by atoms with Crippen LogP contribution in [-0.2, 0) is 4.74 Å². The van der Waals surface area contributed by atoms with Crippen molar-refractivity contribution in [2.75, 3.05) is 0 Å². The molecule has 3 rings (SSSR count). The summed E-state index contributed by atoms with van der Waals surface area (Å²) in [6, 6.07) is 10.6. The lowest BCUT2D eigenvalue weighted by Gasteiger charge is -2.19. The summed E-state index contributed by atoms with van der Waals surface area (Å²) in [6.45, 7) is 9.19.